The SMILES string of the molecule is CC1(C)c2ccccc2-c2ccc(N(c3ccccc3-c3ccccc3)c3ccc4c(oc5ccc6oc7ccccc7c6c54)c3-c3ccc4ccccc4c3)cc21. The molecule has 1 aliphatic carbocycles. The first-order chi connectivity index (χ1) is 28.5. The summed E-state index contributed by atoms with van der Waals surface area (Å²) < 4.78 is 13.5. The Labute approximate surface area is 336 Å². The maximum absolute atomic E-state index is 7.13. The molecule has 0 fully saturated rings. The average Bonchev–Trinajstić information content (AvgIpc) is 3.91. The van der Waals surface area contributed by atoms with Gasteiger partial charge in [0.1, 0.15) is 22.3 Å². The van der Waals surface area contributed by atoms with Crippen LogP contribution in [0.2, 0.25) is 0 Å². The fourth-order valence-corrected chi connectivity index (χ4v) is 9.71. The highest BCUT2D eigenvalue weighted by molar-refractivity contribution is 6.27. The monoisotopic (exact) mass is 743 g/mol. The molecule has 0 saturated carbocycles. The van der Waals surface area contributed by atoms with E-state index in [1.165, 1.54) is 33.0 Å². The van der Waals surface area contributed by atoms with Crippen molar-refractivity contribution < 1.29 is 8.83 Å². The number of hydrogen-bond acceptors (Lipinski definition) is 3. The van der Waals surface area contributed by atoms with Gasteiger partial charge in [-0.1, -0.05) is 147 Å². The molecule has 0 saturated heterocycles. The summed E-state index contributed by atoms with van der Waals surface area (Å²) in [6.45, 7) is 4.70. The summed E-state index contributed by atoms with van der Waals surface area (Å²) in [4.78, 5) is 2.46. The van der Waals surface area contributed by atoms with E-state index in [1.54, 1.807) is 0 Å². The van der Waals surface area contributed by atoms with E-state index in [4.69, 9.17) is 8.83 Å². The van der Waals surface area contributed by atoms with Crippen LogP contribution in [0.25, 0.3) is 88.0 Å². The van der Waals surface area contributed by atoms with E-state index in [9.17, 15) is 0 Å². The lowest BCUT2D eigenvalue weighted by Gasteiger charge is -2.31. The van der Waals surface area contributed by atoms with E-state index in [0.29, 0.717) is 0 Å². The zero-order valence-corrected chi connectivity index (χ0v) is 32.2. The lowest BCUT2D eigenvalue weighted by Crippen LogP contribution is -2.17. The molecule has 3 heteroatoms. The highest BCUT2D eigenvalue weighted by atomic mass is 16.3. The number of anilines is 3. The summed E-state index contributed by atoms with van der Waals surface area (Å²) in [7, 11) is 0. The third kappa shape index (κ3) is 4.74. The summed E-state index contributed by atoms with van der Waals surface area (Å²) >= 11 is 0. The van der Waals surface area contributed by atoms with E-state index in [1.807, 2.05) is 18.2 Å². The number of rotatable bonds is 5. The molecule has 11 aromatic rings. The van der Waals surface area contributed by atoms with Crippen molar-refractivity contribution in [3.63, 3.8) is 0 Å². The van der Waals surface area contributed by atoms with Crippen molar-refractivity contribution >= 4 is 71.7 Å². The van der Waals surface area contributed by atoms with E-state index in [2.05, 4.69) is 189 Å². The third-order valence-electron chi connectivity index (χ3n) is 12.5. The maximum atomic E-state index is 7.13. The molecule has 2 heterocycles. The number of hydrogen-bond donors (Lipinski definition) is 0. The lowest BCUT2D eigenvalue weighted by molar-refractivity contribution is 0.660. The predicted octanol–water partition coefficient (Wildman–Crippen LogP) is 15.7. The van der Waals surface area contributed by atoms with Gasteiger partial charge in [-0.15, -0.1) is 0 Å². The van der Waals surface area contributed by atoms with Gasteiger partial charge >= 0.3 is 0 Å². The van der Waals surface area contributed by atoms with Gasteiger partial charge in [0, 0.05) is 43.8 Å². The number of para-hydroxylation sites is 2. The molecule has 0 aliphatic heterocycles. The summed E-state index contributed by atoms with van der Waals surface area (Å²) in [6.07, 6.45) is 0. The Morgan fingerprint density at radius 3 is 1.98 bits per heavy atom. The summed E-state index contributed by atoms with van der Waals surface area (Å²) in [5, 5.41) is 6.66. The van der Waals surface area contributed by atoms with Gasteiger partial charge < -0.3 is 13.7 Å². The van der Waals surface area contributed by atoms with E-state index < -0.39 is 0 Å². The molecule has 1 aliphatic rings. The Morgan fingerprint density at radius 1 is 0.414 bits per heavy atom. The number of furan rings is 2. The Hall–Kier alpha value is -7.36. The Balaban J connectivity index is 1.20. The van der Waals surface area contributed by atoms with Crippen molar-refractivity contribution in [1.29, 1.82) is 0 Å². The first-order valence-electron chi connectivity index (χ1n) is 20.0. The molecule has 12 rings (SSSR count). The van der Waals surface area contributed by atoms with Gasteiger partial charge in [-0.25, -0.2) is 0 Å². The zero-order chi connectivity index (χ0) is 38.5. The summed E-state index contributed by atoms with van der Waals surface area (Å²) in [5.74, 6) is 0. The fraction of sp³-hybridized carbons (Fsp3) is 0.0545. The molecule has 0 radical (unpaired) electrons. The summed E-state index contributed by atoms with van der Waals surface area (Å²) in [5.41, 5.74) is 16.1. The normalized spacial score (nSPS) is 13.1. The van der Waals surface area contributed by atoms with Crippen LogP contribution >= 0.6 is 0 Å². The molecule has 0 spiro atoms. The largest absolute Gasteiger partial charge is 0.456 e. The quantitative estimate of drug-likeness (QED) is 0.176. The minimum absolute atomic E-state index is 0.171. The minimum atomic E-state index is -0.171. The third-order valence-corrected chi connectivity index (χ3v) is 12.5. The van der Waals surface area contributed by atoms with Crippen LogP contribution in [0.4, 0.5) is 17.1 Å². The molecule has 9 aromatic carbocycles. The molecule has 3 nitrogen and oxygen atoms in total. The van der Waals surface area contributed by atoms with Gasteiger partial charge in [-0.2, -0.15) is 0 Å². The van der Waals surface area contributed by atoms with Crippen LogP contribution in [-0.4, -0.2) is 0 Å². The van der Waals surface area contributed by atoms with Crippen molar-refractivity contribution in [2.24, 2.45) is 0 Å². The summed E-state index contributed by atoms with van der Waals surface area (Å²) in [6, 6.07) is 67.7. The molecule has 0 N–H and O–H groups in total. The Kier molecular flexibility index (Phi) is 6.98. The topological polar surface area (TPSA) is 29.5 Å². The lowest BCUT2D eigenvalue weighted by atomic mass is 9.82. The second kappa shape index (κ2) is 12.3. The van der Waals surface area contributed by atoms with Crippen molar-refractivity contribution in [2.45, 2.75) is 19.3 Å². The molecule has 2 aromatic heterocycles. The van der Waals surface area contributed by atoms with Crippen LogP contribution < -0.4 is 4.90 Å². The van der Waals surface area contributed by atoms with Gasteiger partial charge in [-0.05, 0) is 98.8 Å². The van der Waals surface area contributed by atoms with Crippen LogP contribution in [0.3, 0.4) is 0 Å². The molecule has 58 heavy (non-hydrogen) atoms. The zero-order valence-electron chi connectivity index (χ0n) is 32.2. The molecule has 0 amide bonds. The molecular formula is C55H37NO2. The smallest absolute Gasteiger partial charge is 0.145 e. The molecule has 274 valence electrons. The van der Waals surface area contributed by atoms with Crippen LogP contribution in [0.15, 0.2) is 197 Å². The molecule has 0 unspecified atom stereocenters. The molecule has 0 atom stereocenters. The highest BCUT2D eigenvalue weighted by Gasteiger charge is 2.36. The molecule has 0 bridgehead atoms. The highest BCUT2D eigenvalue weighted by Crippen LogP contribution is 2.54. The van der Waals surface area contributed by atoms with Crippen LogP contribution in [0, 0.1) is 0 Å². The van der Waals surface area contributed by atoms with Crippen molar-refractivity contribution in [1.82, 2.24) is 0 Å². The maximum Gasteiger partial charge on any atom is 0.145 e. The minimum Gasteiger partial charge on any atom is -0.456 e. The van der Waals surface area contributed by atoms with Crippen molar-refractivity contribution in [3.05, 3.63) is 199 Å². The Morgan fingerprint density at radius 2 is 1.10 bits per heavy atom. The first-order valence-corrected chi connectivity index (χ1v) is 20.0. The predicted molar refractivity (Wildman–Crippen MR) is 242 cm³/mol. The van der Waals surface area contributed by atoms with E-state index in [-0.39, 0.29) is 5.41 Å². The van der Waals surface area contributed by atoms with Crippen LogP contribution in [-0.2, 0) is 5.41 Å². The second-order valence-corrected chi connectivity index (χ2v) is 16.0. The van der Waals surface area contributed by atoms with Crippen LogP contribution in [0.5, 0.6) is 0 Å². The van der Waals surface area contributed by atoms with Gasteiger partial charge in [-0.3, -0.25) is 0 Å². The van der Waals surface area contributed by atoms with E-state index in [0.717, 1.165) is 83.2 Å². The average molecular weight is 744 g/mol. The number of benzene rings is 9. The second-order valence-electron chi connectivity index (χ2n) is 16.0. The fourth-order valence-electron chi connectivity index (χ4n) is 9.71. The standard InChI is InChI=1S/C55H37NO2/c1-55(2)44-21-11-8-19-40(44)41-27-26-38(33-45(41)55)56(46-22-12-9-18-39(46)35-15-4-3-5-16-35)47-29-28-43-53-50(31-30-49-52(53)42-20-10-13-23-48(42)57-49)58-54(43)51(47)37-25-24-34-14-6-7-17-36(34)32-37/h3-33H,1-2H3. The van der Waals surface area contributed by atoms with Gasteiger partial charge in [0.2, 0.25) is 0 Å². The number of nitrogens with zero attached hydrogens (tertiary/aromatic N) is 1. The Bertz CT molecular complexity index is 3440. The van der Waals surface area contributed by atoms with Gasteiger partial charge in [0.25, 0.3) is 0 Å². The molecular weight excluding hydrogens is 707 g/mol. The van der Waals surface area contributed by atoms with Crippen molar-refractivity contribution in [2.75, 3.05) is 4.90 Å². The van der Waals surface area contributed by atoms with Gasteiger partial charge in [0.15, 0.2) is 0 Å². The number of fused-ring (bicyclic) bond motifs is 11. The van der Waals surface area contributed by atoms with Gasteiger partial charge in [0.05, 0.1) is 11.4 Å². The first kappa shape index (κ1) is 32.8. The van der Waals surface area contributed by atoms with Crippen LogP contribution in [0.1, 0.15) is 25.0 Å². The van der Waals surface area contributed by atoms with E-state index >= 15 is 0 Å². The van der Waals surface area contributed by atoms with Crippen molar-refractivity contribution in [3.8, 4) is 33.4 Å².